The zero-order chi connectivity index (χ0) is 15.0. The molecule has 0 aliphatic carbocycles. The number of pyridine rings is 1. The van der Waals surface area contributed by atoms with E-state index in [4.69, 9.17) is 14.7 Å². The van der Waals surface area contributed by atoms with E-state index < -0.39 is 5.56 Å². The van der Waals surface area contributed by atoms with E-state index >= 15 is 0 Å². The molecule has 0 amide bonds. The van der Waals surface area contributed by atoms with E-state index in [1.54, 1.807) is 26.5 Å². The lowest BCUT2D eigenvalue weighted by Gasteiger charge is -2.22. The number of ether oxygens (including phenoxy) is 2. The Kier molecular flexibility index (Phi) is 3.23. The molecule has 0 saturated carbocycles. The Bertz CT molecular complexity index is 823. The number of anilines is 2. The van der Waals surface area contributed by atoms with Gasteiger partial charge in [0.25, 0.3) is 5.56 Å². The maximum atomic E-state index is 11.7. The van der Waals surface area contributed by atoms with Crippen LogP contribution in [0.15, 0.2) is 32.9 Å². The van der Waals surface area contributed by atoms with Crippen molar-refractivity contribution in [3.63, 3.8) is 0 Å². The molecule has 7 heteroatoms. The maximum Gasteiger partial charge on any atom is 0.268 e. The van der Waals surface area contributed by atoms with Crippen molar-refractivity contribution in [3.05, 3.63) is 34.2 Å². The molecule has 2 heterocycles. The van der Waals surface area contributed by atoms with Gasteiger partial charge < -0.3 is 19.8 Å². The van der Waals surface area contributed by atoms with Crippen molar-refractivity contribution in [2.75, 3.05) is 19.5 Å². The monoisotopic (exact) mass is 301 g/mol. The first-order valence-corrected chi connectivity index (χ1v) is 6.86. The number of nitrogens with one attached hydrogen (secondary N) is 2. The average Bonchev–Trinajstić information content (AvgIpc) is 2.51. The molecule has 0 radical (unpaired) electrons. The molecular formula is C14H11N3O3S. The van der Waals surface area contributed by atoms with Gasteiger partial charge in [0.05, 0.1) is 30.5 Å². The van der Waals surface area contributed by atoms with Crippen molar-refractivity contribution < 1.29 is 9.47 Å². The Morgan fingerprint density at radius 2 is 1.90 bits per heavy atom. The van der Waals surface area contributed by atoms with Crippen molar-refractivity contribution >= 4 is 23.1 Å². The number of nitriles is 1. The summed E-state index contributed by atoms with van der Waals surface area (Å²) in [6, 6.07) is 5.57. The molecule has 21 heavy (non-hydrogen) atoms. The zero-order valence-electron chi connectivity index (χ0n) is 11.3. The Labute approximate surface area is 124 Å². The average molecular weight is 301 g/mol. The number of methoxy groups -OCH3 is 2. The van der Waals surface area contributed by atoms with Crippen molar-refractivity contribution in [2.24, 2.45) is 0 Å². The largest absolute Gasteiger partial charge is 0.493 e. The predicted octanol–water partition coefficient (Wildman–Crippen LogP) is 2.47. The van der Waals surface area contributed by atoms with Crippen LogP contribution in [0.2, 0.25) is 0 Å². The number of H-pyrrole nitrogens is 1. The van der Waals surface area contributed by atoms with Gasteiger partial charge in [0.1, 0.15) is 11.6 Å². The van der Waals surface area contributed by atoms with Gasteiger partial charge in [-0.2, -0.15) is 5.26 Å². The minimum atomic E-state index is -0.409. The van der Waals surface area contributed by atoms with E-state index in [1.165, 1.54) is 11.8 Å². The standard InChI is InChI=1S/C14H11N3O3S/c1-19-9-3-8-11(4-10(9)20-2)21-12-6-16-14(18)7(5-15)13(12)17-8/h3-4,6,17H,1-2H3,(H,16,18). The van der Waals surface area contributed by atoms with Gasteiger partial charge in [0.15, 0.2) is 11.5 Å². The second-order valence-corrected chi connectivity index (χ2v) is 5.36. The Morgan fingerprint density at radius 1 is 1.19 bits per heavy atom. The summed E-state index contributed by atoms with van der Waals surface area (Å²) in [5.74, 6) is 1.20. The Hall–Kier alpha value is -2.59. The zero-order valence-corrected chi connectivity index (χ0v) is 12.1. The number of hydrogen-bond donors (Lipinski definition) is 2. The first kappa shape index (κ1) is 13.4. The van der Waals surface area contributed by atoms with Gasteiger partial charge in [-0.15, -0.1) is 0 Å². The fourth-order valence-corrected chi connectivity index (χ4v) is 3.11. The molecule has 0 saturated heterocycles. The van der Waals surface area contributed by atoms with Crippen LogP contribution in [-0.4, -0.2) is 19.2 Å². The second-order valence-electron chi connectivity index (χ2n) is 4.27. The van der Waals surface area contributed by atoms with Crippen LogP contribution in [0.4, 0.5) is 11.4 Å². The molecule has 0 spiro atoms. The Balaban J connectivity index is 2.15. The molecule has 0 unspecified atom stereocenters. The lowest BCUT2D eigenvalue weighted by Crippen LogP contribution is -2.15. The summed E-state index contributed by atoms with van der Waals surface area (Å²) in [4.78, 5) is 16.0. The van der Waals surface area contributed by atoms with Gasteiger partial charge in [0.2, 0.25) is 0 Å². The summed E-state index contributed by atoms with van der Waals surface area (Å²) in [6.07, 6.45) is 1.59. The molecule has 6 nitrogen and oxygen atoms in total. The van der Waals surface area contributed by atoms with Crippen LogP contribution in [0.1, 0.15) is 5.56 Å². The molecule has 2 N–H and O–H groups in total. The molecule has 0 fully saturated rings. The Morgan fingerprint density at radius 3 is 2.57 bits per heavy atom. The highest BCUT2D eigenvalue weighted by Crippen LogP contribution is 2.48. The fraction of sp³-hybridized carbons (Fsp3) is 0.143. The summed E-state index contributed by atoms with van der Waals surface area (Å²) in [7, 11) is 3.13. The molecule has 106 valence electrons. The van der Waals surface area contributed by atoms with E-state index in [9.17, 15) is 4.79 Å². The van der Waals surface area contributed by atoms with Gasteiger partial charge in [-0.1, -0.05) is 11.8 Å². The highest BCUT2D eigenvalue weighted by molar-refractivity contribution is 7.99. The van der Waals surface area contributed by atoms with Crippen LogP contribution in [0.3, 0.4) is 0 Å². The topological polar surface area (TPSA) is 87.1 Å². The molecule has 1 aliphatic heterocycles. The normalized spacial score (nSPS) is 11.7. The smallest absolute Gasteiger partial charge is 0.268 e. The van der Waals surface area contributed by atoms with Crippen LogP contribution in [-0.2, 0) is 0 Å². The number of benzene rings is 1. The highest BCUT2D eigenvalue weighted by atomic mass is 32.2. The van der Waals surface area contributed by atoms with E-state index in [-0.39, 0.29) is 5.56 Å². The van der Waals surface area contributed by atoms with Crippen molar-refractivity contribution in [2.45, 2.75) is 9.79 Å². The van der Waals surface area contributed by atoms with Gasteiger partial charge >= 0.3 is 0 Å². The predicted molar refractivity (Wildman–Crippen MR) is 78.7 cm³/mol. The maximum absolute atomic E-state index is 11.7. The molecule has 1 aliphatic rings. The van der Waals surface area contributed by atoms with Crippen molar-refractivity contribution in [1.29, 1.82) is 5.26 Å². The van der Waals surface area contributed by atoms with Crippen molar-refractivity contribution in [3.8, 4) is 17.6 Å². The van der Waals surface area contributed by atoms with E-state index in [0.717, 1.165) is 15.5 Å². The van der Waals surface area contributed by atoms with Gasteiger partial charge in [-0.25, -0.2) is 0 Å². The lowest BCUT2D eigenvalue weighted by molar-refractivity contribution is 0.354. The van der Waals surface area contributed by atoms with Crippen LogP contribution >= 0.6 is 11.8 Å². The van der Waals surface area contributed by atoms with E-state index in [2.05, 4.69) is 10.3 Å². The molecule has 0 atom stereocenters. The van der Waals surface area contributed by atoms with Crippen molar-refractivity contribution in [1.82, 2.24) is 4.98 Å². The SMILES string of the molecule is COc1cc2c(cc1OC)Sc1c[nH]c(=O)c(C#N)c1N2. The summed E-state index contributed by atoms with van der Waals surface area (Å²) in [6.45, 7) is 0. The molecule has 3 rings (SSSR count). The van der Waals surface area contributed by atoms with Crippen LogP contribution < -0.4 is 20.3 Å². The first-order valence-electron chi connectivity index (χ1n) is 6.04. The summed E-state index contributed by atoms with van der Waals surface area (Å²) >= 11 is 1.45. The summed E-state index contributed by atoms with van der Waals surface area (Å²) in [5.41, 5.74) is 0.951. The number of aromatic nitrogens is 1. The minimum absolute atomic E-state index is 0.0698. The van der Waals surface area contributed by atoms with Gasteiger partial charge in [-0.05, 0) is 0 Å². The third kappa shape index (κ3) is 2.10. The number of aromatic amines is 1. The summed E-state index contributed by atoms with van der Waals surface area (Å²) < 4.78 is 10.5. The van der Waals surface area contributed by atoms with Crippen LogP contribution in [0, 0.1) is 11.3 Å². The molecule has 1 aromatic carbocycles. The first-order chi connectivity index (χ1) is 10.2. The fourth-order valence-electron chi connectivity index (χ4n) is 2.12. The lowest BCUT2D eigenvalue weighted by atomic mass is 10.2. The number of hydrogen-bond acceptors (Lipinski definition) is 6. The third-order valence-corrected chi connectivity index (χ3v) is 4.23. The molecule has 2 aromatic rings. The van der Waals surface area contributed by atoms with Gasteiger partial charge in [-0.3, -0.25) is 4.79 Å². The van der Waals surface area contributed by atoms with Crippen LogP contribution in [0.5, 0.6) is 11.5 Å². The number of nitrogens with zero attached hydrogens (tertiary/aromatic N) is 1. The van der Waals surface area contributed by atoms with E-state index in [1.807, 2.05) is 12.1 Å². The van der Waals surface area contributed by atoms with Gasteiger partial charge in [0, 0.05) is 23.2 Å². The summed E-state index contributed by atoms with van der Waals surface area (Å²) in [5, 5.41) is 12.3. The third-order valence-electron chi connectivity index (χ3n) is 3.13. The minimum Gasteiger partial charge on any atom is -0.493 e. The van der Waals surface area contributed by atoms with E-state index in [0.29, 0.717) is 17.2 Å². The number of rotatable bonds is 2. The quantitative estimate of drug-likeness (QED) is 0.756. The molecule has 0 bridgehead atoms. The van der Waals surface area contributed by atoms with Crippen LogP contribution in [0.25, 0.3) is 0 Å². The number of fused-ring (bicyclic) bond motifs is 2. The highest BCUT2D eigenvalue weighted by Gasteiger charge is 2.22. The second kappa shape index (κ2) is 5.07. The molecule has 1 aromatic heterocycles. The molecular weight excluding hydrogens is 290 g/mol.